The summed E-state index contributed by atoms with van der Waals surface area (Å²) in [6.45, 7) is 0. The van der Waals surface area contributed by atoms with Gasteiger partial charge in [-0.15, -0.1) is 0 Å². The Bertz CT molecular complexity index is 3080. The fourth-order valence-electron chi connectivity index (χ4n) is 8.95. The summed E-state index contributed by atoms with van der Waals surface area (Å²) in [5.41, 5.74) is 15.5. The van der Waals surface area contributed by atoms with E-state index in [0.717, 1.165) is 11.1 Å². The highest BCUT2D eigenvalue weighted by Crippen LogP contribution is 2.58. The lowest BCUT2D eigenvalue weighted by Crippen LogP contribution is -1.94. The SMILES string of the molecule is N#Cc1ccc(-c2cccc(-c3ccc4c5c(cccc35)-c3c-4c(-c4ccc5ccccc5c4)c4ccccc4c3-c3ccc4ccccc4c3)c2)cc1. The number of nitriles is 1. The molecule has 0 amide bonds. The van der Waals surface area contributed by atoms with Crippen molar-refractivity contribution in [3.63, 3.8) is 0 Å². The van der Waals surface area contributed by atoms with Gasteiger partial charge < -0.3 is 0 Å². The molecule has 10 aromatic carbocycles. The van der Waals surface area contributed by atoms with E-state index in [9.17, 15) is 5.26 Å². The lowest BCUT2D eigenvalue weighted by Gasteiger charge is -2.21. The van der Waals surface area contributed by atoms with Gasteiger partial charge in [-0.25, -0.2) is 0 Å². The molecule has 0 heterocycles. The van der Waals surface area contributed by atoms with Crippen LogP contribution in [0.4, 0.5) is 0 Å². The van der Waals surface area contributed by atoms with Crippen molar-refractivity contribution < 1.29 is 0 Å². The minimum atomic E-state index is 0.667. The molecule has 0 unspecified atom stereocenters. The number of hydrogen-bond donors (Lipinski definition) is 0. The molecule has 54 heavy (non-hydrogen) atoms. The lowest BCUT2D eigenvalue weighted by atomic mass is 9.82. The van der Waals surface area contributed by atoms with E-state index in [1.54, 1.807) is 0 Å². The Morgan fingerprint density at radius 3 is 1.43 bits per heavy atom. The molecular formula is C53H31N. The zero-order valence-corrected chi connectivity index (χ0v) is 29.3. The summed E-state index contributed by atoms with van der Waals surface area (Å²) >= 11 is 0. The molecule has 1 aliphatic rings. The minimum absolute atomic E-state index is 0.667. The van der Waals surface area contributed by atoms with Crippen molar-refractivity contribution in [2.45, 2.75) is 0 Å². The van der Waals surface area contributed by atoms with Crippen molar-refractivity contribution in [3.05, 3.63) is 194 Å². The zero-order chi connectivity index (χ0) is 35.8. The van der Waals surface area contributed by atoms with Crippen LogP contribution in [0.2, 0.25) is 0 Å². The molecule has 0 aliphatic heterocycles. The molecule has 248 valence electrons. The Labute approximate surface area is 313 Å². The third kappa shape index (κ3) is 4.58. The van der Waals surface area contributed by atoms with Crippen molar-refractivity contribution in [3.8, 4) is 72.8 Å². The number of hydrogen-bond acceptors (Lipinski definition) is 1. The molecule has 0 aromatic heterocycles. The highest BCUT2D eigenvalue weighted by molar-refractivity contribution is 6.29. The van der Waals surface area contributed by atoms with Gasteiger partial charge in [-0.05, 0) is 140 Å². The monoisotopic (exact) mass is 681 g/mol. The maximum absolute atomic E-state index is 9.36. The number of rotatable bonds is 4. The first-order chi connectivity index (χ1) is 26.7. The van der Waals surface area contributed by atoms with Crippen LogP contribution in [0.25, 0.3) is 110 Å². The number of nitrogens with zero attached hydrogens (tertiary/aromatic N) is 1. The summed E-state index contributed by atoms with van der Waals surface area (Å²) in [5, 5.41) is 19.4. The average molecular weight is 682 g/mol. The predicted octanol–water partition coefficient (Wildman–Crippen LogP) is 14.5. The Kier molecular flexibility index (Phi) is 6.68. The molecule has 0 N–H and O–H groups in total. The fourth-order valence-corrected chi connectivity index (χ4v) is 8.95. The van der Waals surface area contributed by atoms with Gasteiger partial charge in [0.25, 0.3) is 0 Å². The lowest BCUT2D eigenvalue weighted by molar-refractivity contribution is 1.48. The van der Waals surface area contributed by atoms with E-state index in [4.69, 9.17) is 0 Å². The standard InChI is InChI=1S/C53H31N/c54-32-33-19-21-36(22-20-33)39-13-7-14-40(29-39)43-27-28-48-51-44(43)17-8-18-47(51)52-49(41-25-23-34-9-1-3-11-37(34)30-41)45-15-5-6-16-46(45)50(53(48)52)42-26-24-35-10-2-4-12-38(35)31-42/h1-31H. The Morgan fingerprint density at radius 2 is 0.796 bits per heavy atom. The predicted molar refractivity (Wildman–Crippen MR) is 227 cm³/mol. The van der Waals surface area contributed by atoms with Gasteiger partial charge in [-0.1, -0.05) is 158 Å². The van der Waals surface area contributed by atoms with Gasteiger partial charge in [-0.3, -0.25) is 0 Å². The Hall–Kier alpha value is -7.27. The third-order valence-corrected chi connectivity index (χ3v) is 11.4. The molecule has 0 bridgehead atoms. The fraction of sp³-hybridized carbons (Fsp3) is 0. The van der Waals surface area contributed by atoms with E-state index in [0.29, 0.717) is 5.56 Å². The summed E-state index contributed by atoms with van der Waals surface area (Å²) in [5.74, 6) is 0. The Morgan fingerprint density at radius 1 is 0.296 bits per heavy atom. The smallest absolute Gasteiger partial charge is 0.0991 e. The summed E-state index contributed by atoms with van der Waals surface area (Å²) in [4.78, 5) is 0. The van der Waals surface area contributed by atoms with Crippen LogP contribution in [0.3, 0.4) is 0 Å². The molecular weight excluding hydrogens is 651 g/mol. The maximum Gasteiger partial charge on any atom is 0.0991 e. The van der Waals surface area contributed by atoms with E-state index in [-0.39, 0.29) is 0 Å². The first-order valence-corrected chi connectivity index (χ1v) is 18.5. The second kappa shape index (κ2) is 11.9. The molecule has 0 radical (unpaired) electrons. The summed E-state index contributed by atoms with van der Waals surface area (Å²) in [7, 11) is 0. The van der Waals surface area contributed by atoms with Crippen LogP contribution >= 0.6 is 0 Å². The van der Waals surface area contributed by atoms with E-state index in [2.05, 4.69) is 170 Å². The van der Waals surface area contributed by atoms with Gasteiger partial charge in [0.2, 0.25) is 0 Å². The van der Waals surface area contributed by atoms with Crippen LogP contribution in [0, 0.1) is 11.3 Å². The van der Waals surface area contributed by atoms with Crippen LogP contribution in [0.15, 0.2) is 188 Å². The van der Waals surface area contributed by atoms with Crippen molar-refractivity contribution in [2.75, 3.05) is 0 Å². The highest BCUT2D eigenvalue weighted by Gasteiger charge is 2.31. The van der Waals surface area contributed by atoms with E-state index < -0.39 is 0 Å². The Balaban J connectivity index is 1.22. The van der Waals surface area contributed by atoms with Crippen LogP contribution in [0.1, 0.15) is 5.56 Å². The second-order valence-corrected chi connectivity index (χ2v) is 14.3. The molecule has 0 fully saturated rings. The van der Waals surface area contributed by atoms with Gasteiger partial charge in [-0.2, -0.15) is 5.26 Å². The normalized spacial score (nSPS) is 11.7. The van der Waals surface area contributed by atoms with Gasteiger partial charge in [0.05, 0.1) is 11.6 Å². The van der Waals surface area contributed by atoms with Gasteiger partial charge >= 0.3 is 0 Å². The minimum Gasteiger partial charge on any atom is -0.192 e. The quantitative estimate of drug-likeness (QED) is 0.181. The van der Waals surface area contributed by atoms with Crippen LogP contribution in [0.5, 0.6) is 0 Å². The highest BCUT2D eigenvalue weighted by atomic mass is 14.3. The van der Waals surface area contributed by atoms with Crippen molar-refractivity contribution >= 4 is 43.1 Å². The first-order valence-electron chi connectivity index (χ1n) is 18.5. The largest absolute Gasteiger partial charge is 0.192 e. The van der Waals surface area contributed by atoms with Crippen molar-refractivity contribution in [2.24, 2.45) is 0 Å². The van der Waals surface area contributed by atoms with Gasteiger partial charge in [0.15, 0.2) is 0 Å². The van der Waals surface area contributed by atoms with Crippen LogP contribution < -0.4 is 0 Å². The van der Waals surface area contributed by atoms with Crippen LogP contribution in [-0.4, -0.2) is 0 Å². The summed E-state index contributed by atoms with van der Waals surface area (Å²) in [6.07, 6.45) is 0. The third-order valence-electron chi connectivity index (χ3n) is 11.4. The molecule has 0 atom stereocenters. The zero-order valence-electron chi connectivity index (χ0n) is 29.3. The van der Waals surface area contributed by atoms with Crippen LogP contribution in [-0.2, 0) is 0 Å². The molecule has 1 heteroatoms. The van der Waals surface area contributed by atoms with E-state index in [1.807, 2.05) is 24.3 Å². The van der Waals surface area contributed by atoms with Gasteiger partial charge in [0.1, 0.15) is 0 Å². The molecule has 10 aromatic rings. The summed E-state index contributed by atoms with van der Waals surface area (Å²) in [6, 6.07) is 70.7. The van der Waals surface area contributed by atoms with E-state index in [1.165, 1.54) is 98.7 Å². The first kappa shape index (κ1) is 30.4. The molecule has 0 saturated heterocycles. The van der Waals surface area contributed by atoms with Gasteiger partial charge in [0, 0.05) is 0 Å². The van der Waals surface area contributed by atoms with Crippen molar-refractivity contribution in [1.82, 2.24) is 0 Å². The number of benzene rings is 10. The average Bonchev–Trinajstić information content (AvgIpc) is 3.57. The topological polar surface area (TPSA) is 23.8 Å². The molecule has 11 rings (SSSR count). The molecule has 0 spiro atoms. The second-order valence-electron chi connectivity index (χ2n) is 14.3. The van der Waals surface area contributed by atoms with Crippen molar-refractivity contribution in [1.29, 1.82) is 5.26 Å². The molecule has 1 aliphatic carbocycles. The summed E-state index contributed by atoms with van der Waals surface area (Å²) < 4.78 is 0. The van der Waals surface area contributed by atoms with E-state index >= 15 is 0 Å². The molecule has 0 saturated carbocycles. The maximum atomic E-state index is 9.36. The molecule has 1 nitrogen and oxygen atoms in total. The number of fused-ring (bicyclic) bond motifs is 6.